The van der Waals surface area contributed by atoms with Crippen molar-refractivity contribution in [1.29, 1.82) is 0 Å². The topological polar surface area (TPSA) is 70.2 Å². The quantitative estimate of drug-likeness (QED) is 0.518. The van der Waals surface area contributed by atoms with Crippen molar-refractivity contribution in [3.05, 3.63) is 83.6 Å². The summed E-state index contributed by atoms with van der Waals surface area (Å²) < 4.78 is 10.9. The first-order chi connectivity index (χ1) is 18.7. The van der Waals surface area contributed by atoms with Gasteiger partial charge >= 0.3 is 0 Å². The van der Waals surface area contributed by atoms with Crippen LogP contribution in [-0.2, 0) is 13.1 Å². The lowest BCUT2D eigenvalue weighted by Crippen LogP contribution is -2.46. The fourth-order valence-electron chi connectivity index (χ4n) is 5.49. The van der Waals surface area contributed by atoms with Crippen LogP contribution in [0.4, 0.5) is 5.82 Å². The third-order valence-corrected chi connectivity index (χ3v) is 7.68. The van der Waals surface area contributed by atoms with Crippen LogP contribution in [0.2, 0.25) is 0 Å². The van der Waals surface area contributed by atoms with Crippen molar-refractivity contribution >= 4 is 11.7 Å². The summed E-state index contributed by atoms with van der Waals surface area (Å²) in [5.41, 5.74) is 3.06. The molecule has 8 nitrogen and oxygen atoms in total. The molecule has 0 bridgehead atoms. The number of nitrogens with zero attached hydrogens (tertiary/aromatic N) is 4. The van der Waals surface area contributed by atoms with E-state index in [-0.39, 0.29) is 11.9 Å². The number of fused-ring (bicyclic) bond motifs is 1. The first-order valence-electron chi connectivity index (χ1n) is 13.6. The lowest BCUT2D eigenvalue weighted by molar-refractivity contribution is 0.0904. The van der Waals surface area contributed by atoms with Gasteiger partial charge in [0.2, 0.25) is 6.79 Å². The minimum atomic E-state index is -0.0743. The minimum Gasteiger partial charge on any atom is -0.454 e. The molecule has 198 valence electrons. The molecule has 4 heterocycles. The van der Waals surface area contributed by atoms with Crippen LogP contribution in [0.25, 0.3) is 0 Å². The number of carbonyl (C=O) groups is 1. The molecule has 0 aliphatic carbocycles. The Hall–Kier alpha value is -3.62. The zero-order chi connectivity index (χ0) is 25.7. The van der Waals surface area contributed by atoms with Gasteiger partial charge in [-0.2, -0.15) is 0 Å². The number of nitrogens with one attached hydrogen (secondary N) is 1. The fraction of sp³-hybridized carbons (Fsp3) is 0.400. The van der Waals surface area contributed by atoms with Crippen molar-refractivity contribution < 1.29 is 14.3 Å². The summed E-state index contributed by atoms with van der Waals surface area (Å²) in [6.07, 6.45) is 1.92. The number of anilines is 1. The molecular formula is C30H35N5O3. The average molecular weight is 514 g/mol. The summed E-state index contributed by atoms with van der Waals surface area (Å²) in [6, 6.07) is 22.7. The van der Waals surface area contributed by atoms with E-state index >= 15 is 0 Å². The Kier molecular flexibility index (Phi) is 7.42. The molecule has 2 aromatic carbocycles. The number of piperidine rings is 1. The second-order valence-corrected chi connectivity index (χ2v) is 10.3. The van der Waals surface area contributed by atoms with Crippen molar-refractivity contribution in [3.63, 3.8) is 0 Å². The Morgan fingerprint density at radius 1 is 0.789 bits per heavy atom. The maximum absolute atomic E-state index is 13.0. The van der Waals surface area contributed by atoms with Gasteiger partial charge in [-0.1, -0.05) is 42.5 Å². The van der Waals surface area contributed by atoms with E-state index in [9.17, 15) is 4.79 Å². The van der Waals surface area contributed by atoms with E-state index in [1.807, 2.05) is 24.3 Å². The monoisotopic (exact) mass is 513 g/mol. The van der Waals surface area contributed by atoms with Crippen molar-refractivity contribution in [2.75, 3.05) is 51.0 Å². The Labute approximate surface area is 224 Å². The number of aromatic nitrogens is 1. The van der Waals surface area contributed by atoms with Crippen LogP contribution in [0.1, 0.15) is 34.5 Å². The highest BCUT2D eigenvalue weighted by molar-refractivity contribution is 5.92. The van der Waals surface area contributed by atoms with Gasteiger partial charge in [-0.25, -0.2) is 4.98 Å². The molecular weight excluding hydrogens is 478 g/mol. The van der Waals surface area contributed by atoms with E-state index in [0.717, 1.165) is 82.5 Å². The second kappa shape index (κ2) is 11.4. The number of ether oxygens (including phenoxy) is 2. The molecule has 38 heavy (non-hydrogen) atoms. The number of carbonyl (C=O) groups excluding carboxylic acids is 1. The van der Waals surface area contributed by atoms with Gasteiger partial charge < -0.3 is 19.7 Å². The number of rotatable bonds is 7. The molecule has 2 saturated heterocycles. The van der Waals surface area contributed by atoms with E-state index in [2.05, 4.69) is 62.5 Å². The van der Waals surface area contributed by atoms with Gasteiger partial charge in [-0.15, -0.1) is 0 Å². The molecule has 3 aliphatic heterocycles. The van der Waals surface area contributed by atoms with E-state index in [0.29, 0.717) is 12.5 Å². The van der Waals surface area contributed by atoms with E-state index in [1.54, 1.807) is 0 Å². The highest BCUT2D eigenvalue weighted by Crippen LogP contribution is 2.33. The van der Waals surface area contributed by atoms with Crippen LogP contribution in [0, 0.1) is 0 Å². The highest BCUT2D eigenvalue weighted by Gasteiger charge is 2.23. The predicted octanol–water partition coefficient (Wildman–Crippen LogP) is 3.53. The Bertz CT molecular complexity index is 1240. The molecule has 0 saturated carbocycles. The highest BCUT2D eigenvalue weighted by atomic mass is 16.7. The molecule has 0 radical (unpaired) electrons. The number of hydrogen-bond acceptors (Lipinski definition) is 7. The fourth-order valence-corrected chi connectivity index (χ4v) is 5.49. The maximum atomic E-state index is 13.0. The standard InChI is InChI=1S/C30H35N5O3/c36-30(31-25-11-13-33(14-12-25)20-23-5-2-1-3-6-23)26-7-4-8-29(32-26)35-17-15-34(16-18-35)21-24-9-10-27-28(19-24)38-22-37-27/h1-10,19,25H,11-18,20-22H2,(H,31,36). The molecule has 1 aromatic heterocycles. The SMILES string of the molecule is O=C(NC1CCN(Cc2ccccc2)CC1)c1cccc(N2CCN(Cc3ccc4c(c3)OCO4)CC2)n1. The molecule has 0 spiro atoms. The summed E-state index contributed by atoms with van der Waals surface area (Å²) in [7, 11) is 0. The summed E-state index contributed by atoms with van der Waals surface area (Å²) in [5.74, 6) is 2.45. The zero-order valence-corrected chi connectivity index (χ0v) is 21.7. The van der Waals surface area contributed by atoms with Crippen molar-refractivity contribution in [1.82, 2.24) is 20.1 Å². The molecule has 6 rings (SSSR count). The molecule has 0 unspecified atom stereocenters. The molecule has 3 aromatic rings. The van der Waals surface area contributed by atoms with Gasteiger partial charge in [0.25, 0.3) is 5.91 Å². The minimum absolute atomic E-state index is 0.0743. The van der Waals surface area contributed by atoms with E-state index in [1.165, 1.54) is 11.1 Å². The van der Waals surface area contributed by atoms with Crippen molar-refractivity contribution in [2.24, 2.45) is 0 Å². The molecule has 1 amide bonds. The maximum Gasteiger partial charge on any atom is 0.270 e. The van der Waals surface area contributed by atoms with Crippen LogP contribution < -0.4 is 19.7 Å². The molecule has 2 fully saturated rings. The van der Waals surface area contributed by atoms with Crippen LogP contribution in [-0.4, -0.2) is 72.8 Å². The molecule has 1 N–H and O–H groups in total. The second-order valence-electron chi connectivity index (χ2n) is 10.3. The third kappa shape index (κ3) is 5.92. The van der Waals surface area contributed by atoms with Crippen LogP contribution in [0.15, 0.2) is 66.7 Å². The third-order valence-electron chi connectivity index (χ3n) is 7.68. The van der Waals surface area contributed by atoms with Gasteiger partial charge in [-0.3, -0.25) is 14.6 Å². The van der Waals surface area contributed by atoms with Crippen LogP contribution in [0.5, 0.6) is 11.5 Å². The van der Waals surface area contributed by atoms with Gasteiger partial charge in [0.15, 0.2) is 11.5 Å². The first kappa shape index (κ1) is 24.7. The number of pyridine rings is 1. The summed E-state index contributed by atoms with van der Waals surface area (Å²) in [5, 5.41) is 3.23. The molecule has 8 heteroatoms. The number of hydrogen-bond donors (Lipinski definition) is 1. The van der Waals surface area contributed by atoms with Crippen LogP contribution >= 0.6 is 0 Å². The number of benzene rings is 2. The molecule has 3 aliphatic rings. The van der Waals surface area contributed by atoms with Crippen LogP contribution in [0.3, 0.4) is 0 Å². The normalized spacial score (nSPS) is 18.5. The lowest BCUT2D eigenvalue weighted by atomic mass is 10.0. The summed E-state index contributed by atoms with van der Waals surface area (Å²) in [6.45, 7) is 7.76. The summed E-state index contributed by atoms with van der Waals surface area (Å²) >= 11 is 0. The Morgan fingerprint density at radius 2 is 1.53 bits per heavy atom. The van der Waals surface area contributed by atoms with Crippen molar-refractivity contribution in [3.8, 4) is 11.5 Å². The van der Waals surface area contributed by atoms with Gasteiger partial charge in [0.1, 0.15) is 11.5 Å². The predicted molar refractivity (Wildman–Crippen MR) is 146 cm³/mol. The van der Waals surface area contributed by atoms with Crippen molar-refractivity contribution in [2.45, 2.75) is 32.0 Å². The Balaban J connectivity index is 0.977. The van der Waals surface area contributed by atoms with E-state index in [4.69, 9.17) is 14.5 Å². The van der Waals surface area contributed by atoms with Gasteiger partial charge in [-0.05, 0) is 48.2 Å². The summed E-state index contributed by atoms with van der Waals surface area (Å²) in [4.78, 5) is 24.9. The lowest BCUT2D eigenvalue weighted by Gasteiger charge is -2.35. The molecule has 0 atom stereocenters. The largest absolute Gasteiger partial charge is 0.454 e. The van der Waals surface area contributed by atoms with Gasteiger partial charge in [0, 0.05) is 58.4 Å². The smallest absolute Gasteiger partial charge is 0.270 e. The zero-order valence-electron chi connectivity index (χ0n) is 21.7. The number of likely N-dealkylation sites (tertiary alicyclic amines) is 1. The number of piperazine rings is 1. The van der Waals surface area contributed by atoms with Gasteiger partial charge in [0.05, 0.1) is 0 Å². The first-order valence-corrected chi connectivity index (χ1v) is 13.6. The van der Waals surface area contributed by atoms with E-state index < -0.39 is 0 Å². The number of amides is 1. The average Bonchev–Trinajstić information content (AvgIpc) is 3.43. The Morgan fingerprint density at radius 3 is 2.34 bits per heavy atom.